The van der Waals surface area contributed by atoms with Crippen LogP contribution in [0.1, 0.15) is 34.1 Å². The Balaban J connectivity index is 1.69. The number of alkyl halides is 3. The number of ether oxygens (including phenoxy) is 1. The van der Waals surface area contributed by atoms with Crippen LogP contribution in [-0.4, -0.2) is 22.0 Å². The van der Waals surface area contributed by atoms with E-state index in [1.54, 1.807) is 31.2 Å². The van der Waals surface area contributed by atoms with Crippen molar-refractivity contribution in [3.8, 4) is 11.3 Å². The first kappa shape index (κ1) is 20.7. The van der Waals surface area contributed by atoms with Gasteiger partial charge in [-0.2, -0.15) is 13.2 Å². The lowest BCUT2D eigenvalue weighted by atomic mass is 10.1. The summed E-state index contributed by atoms with van der Waals surface area (Å²) in [5, 5.41) is 0. The number of halogens is 3. The Morgan fingerprint density at radius 3 is 2.58 bits per heavy atom. The molecule has 31 heavy (non-hydrogen) atoms. The molecule has 0 spiro atoms. The number of nitrogens with zero attached hydrogens (tertiary/aromatic N) is 2. The van der Waals surface area contributed by atoms with Gasteiger partial charge in [-0.15, -0.1) is 0 Å². The van der Waals surface area contributed by atoms with Gasteiger partial charge in [0.2, 0.25) is 0 Å². The smallest absolute Gasteiger partial charge is 0.416 e. The number of carbonyl (C=O) groups is 1. The molecule has 0 radical (unpaired) electrons. The molecule has 0 fully saturated rings. The fraction of sp³-hybridized carbons (Fsp3) is 0.167. The molecular weight excluding hydrogens is 405 g/mol. The van der Waals surface area contributed by atoms with Crippen molar-refractivity contribution < 1.29 is 22.7 Å². The molecule has 0 unspecified atom stereocenters. The molecule has 0 aliphatic rings. The van der Waals surface area contributed by atoms with Gasteiger partial charge in [-0.25, -0.2) is 9.78 Å². The second-order valence-corrected chi connectivity index (χ2v) is 7.05. The third-order valence-electron chi connectivity index (χ3n) is 4.85. The molecule has 0 aliphatic heterocycles. The summed E-state index contributed by atoms with van der Waals surface area (Å²) in [6.45, 7) is 2.04. The fourth-order valence-corrected chi connectivity index (χ4v) is 3.47. The third-order valence-corrected chi connectivity index (χ3v) is 4.85. The summed E-state index contributed by atoms with van der Waals surface area (Å²) < 4.78 is 45.9. The Morgan fingerprint density at radius 2 is 1.81 bits per heavy atom. The number of esters is 1. The van der Waals surface area contributed by atoms with Crippen molar-refractivity contribution in [2.45, 2.75) is 19.5 Å². The number of aromatic nitrogens is 2. The van der Waals surface area contributed by atoms with E-state index in [2.05, 4.69) is 4.98 Å². The van der Waals surface area contributed by atoms with E-state index >= 15 is 0 Å². The quantitative estimate of drug-likeness (QED) is 0.381. The molecule has 0 amide bonds. The molecule has 0 N–H and O–H groups in total. The number of fused-ring (bicyclic) bond motifs is 1. The van der Waals surface area contributed by atoms with Crippen LogP contribution in [0.4, 0.5) is 13.2 Å². The van der Waals surface area contributed by atoms with E-state index in [9.17, 15) is 18.0 Å². The number of hydrogen-bond donors (Lipinski definition) is 0. The highest BCUT2D eigenvalue weighted by Crippen LogP contribution is 2.30. The van der Waals surface area contributed by atoms with Gasteiger partial charge >= 0.3 is 12.1 Å². The minimum atomic E-state index is -4.38. The second-order valence-electron chi connectivity index (χ2n) is 7.05. The lowest BCUT2D eigenvalue weighted by molar-refractivity contribution is -0.137. The second kappa shape index (κ2) is 8.26. The third kappa shape index (κ3) is 4.45. The van der Waals surface area contributed by atoms with E-state index in [0.29, 0.717) is 29.1 Å². The van der Waals surface area contributed by atoms with Crippen molar-refractivity contribution in [1.82, 2.24) is 9.38 Å². The number of hydrogen-bond acceptors (Lipinski definition) is 3. The lowest BCUT2D eigenvalue weighted by Crippen LogP contribution is -2.05. The van der Waals surface area contributed by atoms with Crippen LogP contribution in [-0.2, 0) is 17.3 Å². The molecule has 0 atom stereocenters. The Morgan fingerprint density at radius 1 is 1.03 bits per heavy atom. The minimum Gasteiger partial charge on any atom is -0.462 e. The van der Waals surface area contributed by atoms with E-state index in [1.165, 1.54) is 6.07 Å². The first-order chi connectivity index (χ1) is 14.8. The molecule has 0 bridgehead atoms. The van der Waals surface area contributed by atoms with Crippen LogP contribution in [0.3, 0.4) is 0 Å². The van der Waals surface area contributed by atoms with Crippen LogP contribution in [0.15, 0.2) is 72.9 Å². The van der Waals surface area contributed by atoms with E-state index in [1.807, 2.05) is 34.9 Å². The van der Waals surface area contributed by atoms with E-state index in [4.69, 9.17) is 4.74 Å². The molecule has 2 heterocycles. The molecule has 2 aromatic heterocycles. The molecule has 4 aromatic rings. The highest BCUT2D eigenvalue weighted by molar-refractivity contribution is 5.91. The first-order valence-electron chi connectivity index (χ1n) is 9.76. The summed E-state index contributed by atoms with van der Waals surface area (Å²) >= 11 is 0. The zero-order chi connectivity index (χ0) is 22.0. The fourth-order valence-electron chi connectivity index (χ4n) is 3.47. The standard InChI is InChI=1S/C24H19F3N2O2/c1-2-31-23(30)18-8-4-7-17(14-18)21-10-5-11-22-28-20(15-29(21)22)13-16-6-3-9-19(12-16)24(25,26)27/h3-12,14-15H,2,13H2,1H3. The minimum absolute atomic E-state index is 0.272. The monoisotopic (exact) mass is 424 g/mol. The van der Waals surface area contributed by atoms with E-state index in [0.717, 1.165) is 23.4 Å². The highest BCUT2D eigenvalue weighted by atomic mass is 19.4. The number of benzene rings is 2. The van der Waals surface area contributed by atoms with Crippen molar-refractivity contribution in [1.29, 1.82) is 0 Å². The maximum atomic E-state index is 13.0. The number of rotatable bonds is 5. The molecule has 4 nitrogen and oxygen atoms in total. The van der Waals surface area contributed by atoms with Gasteiger partial charge in [-0.3, -0.25) is 4.40 Å². The van der Waals surface area contributed by atoms with Gasteiger partial charge in [0.1, 0.15) is 5.65 Å². The van der Waals surface area contributed by atoms with Gasteiger partial charge in [-0.05, 0) is 48.4 Å². The molecule has 7 heteroatoms. The average molecular weight is 424 g/mol. The first-order valence-corrected chi connectivity index (χ1v) is 9.76. The Labute approximate surface area is 176 Å². The average Bonchev–Trinajstić information content (AvgIpc) is 3.16. The van der Waals surface area contributed by atoms with Gasteiger partial charge in [0, 0.05) is 12.6 Å². The molecule has 0 saturated heterocycles. The summed E-state index contributed by atoms with van der Waals surface area (Å²) in [6.07, 6.45) is -2.30. The molecular formula is C24H19F3N2O2. The summed E-state index contributed by atoms with van der Waals surface area (Å²) in [6, 6.07) is 17.9. The van der Waals surface area contributed by atoms with Crippen LogP contribution in [0.2, 0.25) is 0 Å². The summed E-state index contributed by atoms with van der Waals surface area (Å²) in [5.74, 6) is -0.396. The summed E-state index contributed by atoms with van der Waals surface area (Å²) in [5.41, 5.74) is 3.23. The predicted octanol–water partition coefficient (Wildman–Crippen LogP) is 5.79. The van der Waals surface area contributed by atoms with Crippen molar-refractivity contribution >= 4 is 11.6 Å². The maximum absolute atomic E-state index is 13.0. The van der Waals surface area contributed by atoms with Crippen LogP contribution in [0, 0.1) is 0 Å². The Kier molecular flexibility index (Phi) is 5.50. The predicted molar refractivity (Wildman–Crippen MR) is 111 cm³/mol. The summed E-state index contributed by atoms with van der Waals surface area (Å²) in [7, 11) is 0. The van der Waals surface area contributed by atoms with Crippen molar-refractivity contribution in [3.63, 3.8) is 0 Å². The van der Waals surface area contributed by atoms with Crippen LogP contribution >= 0.6 is 0 Å². The molecule has 0 saturated carbocycles. The molecule has 4 rings (SSSR count). The SMILES string of the molecule is CCOC(=O)c1cccc(-c2cccc3nc(Cc4cccc(C(F)(F)F)c4)cn23)c1. The summed E-state index contributed by atoms with van der Waals surface area (Å²) in [4.78, 5) is 16.6. The van der Waals surface area contributed by atoms with Gasteiger partial charge < -0.3 is 4.74 Å². The van der Waals surface area contributed by atoms with Gasteiger partial charge in [0.15, 0.2) is 0 Å². The topological polar surface area (TPSA) is 43.6 Å². The number of imidazole rings is 1. The Hall–Kier alpha value is -3.61. The van der Waals surface area contributed by atoms with Crippen LogP contribution in [0.25, 0.3) is 16.9 Å². The number of pyridine rings is 1. The van der Waals surface area contributed by atoms with Crippen LogP contribution < -0.4 is 0 Å². The highest BCUT2D eigenvalue weighted by Gasteiger charge is 2.30. The largest absolute Gasteiger partial charge is 0.462 e. The molecule has 0 aliphatic carbocycles. The van der Waals surface area contributed by atoms with Gasteiger partial charge in [0.25, 0.3) is 0 Å². The van der Waals surface area contributed by atoms with Gasteiger partial charge in [0.05, 0.1) is 29.1 Å². The van der Waals surface area contributed by atoms with E-state index in [-0.39, 0.29) is 6.42 Å². The zero-order valence-electron chi connectivity index (χ0n) is 16.7. The van der Waals surface area contributed by atoms with Crippen LogP contribution in [0.5, 0.6) is 0 Å². The maximum Gasteiger partial charge on any atom is 0.416 e. The zero-order valence-corrected chi connectivity index (χ0v) is 16.7. The van der Waals surface area contributed by atoms with E-state index < -0.39 is 17.7 Å². The normalized spacial score (nSPS) is 11.6. The van der Waals surface area contributed by atoms with Crippen molar-refractivity contribution in [3.05, 3.63) is 95.3 Å². The molecule has 2 aromatic carbocycles. The van der Waals surface area contributed by atoms with Crippen molar-refractivity contribution in [2.75, 3.05) is 6.61 Å². The molecule has 158 valence electrons. The lowest BCUT2D eigenvalue weighted by Gasteiger charge is -2.08. The Bertz CT molecular complexity index is 1250. The van der Waals surface area contributed by atoms with Gasteiger partial charge in [-0.1, -0.05) is 36.4 Å². The van der Waals surface area contributed by atoms with Crippen molar-refractivity contribution in [2.24, 2.45) is 0 Å². The number of carbonyl (C=O) groups excluding carboxylic acids is 1.